The van der Waals surface area contributed by atoms with E-state index in [2.05, 4.69) is 39.7 Å². The van der Waals surface area contributed by atoms with Crippen LogP contribution >= 0.6 is 0 Å². The van der Waals surface area contributed by atoms with Gasteiger partial charge in [-0.3, -0.25) is 0 Å². The first-order valence-electron chi connectivity index (χ1n) is 7.61. The molecule has 1 aromatic carbocycles. The molecule has 0 amide bonds. The Labute approximate surface area is 123 Å². The van der Waals surface area contributed by atoms with Gasteiger partial charge in [0.15, 0.2) is 5.82 Å². The number of benzene rings is 1. The van der Waals surface area contributed by atoms with Gasteiger partial charge in [0, 0.05) is 19.1 Å². The normalized spacial score (nSPS) is 25.5. The van der Waals surface area contributed by atoms with E-state index in [4.69, 9.17) is 9.26 Å². The highest BCUT2D eigenvalue weighted by Gasteiger charge is 2.27. The van der Waals surface area contributed by atoms with Crippen molar-refractivity contribution in [2.45, 2.75) is 37.8 Å². The summed E-state index contributed by atoms with van der Waals surface area (Å²) in [7, 11) is 0. The molecular weight excluding hydrogens is 266 g/mol. The van der Waals surface area contributed by atoms with Crippen molar-refractivity contribution in [1.82, 2.24) is 15.5 Å². The Bertz CT molecular complexity index is 619. The van der Waals surface area contributed by atoms with Crippen LogP contribution in [0.5, 0.6) is 0 Å². The maximum Gasteiger partial charge on any atom is 0.244 e. The Morgan fingerprint density at radius 3 is 2.95 bits per heavy atom. The molecule has 5 nitrogen and oxygen atoms in total. The third-order valence-electron chi connectivity index (χ3n) is 4.36. The predicted octanol–water partition coefficient (Wildman–Crippen LogP) is 2.35. The fourth-order valence-electron chi connectivity index (χ4n) is 3.13. The molecule has 1 fully saturated rings. The van der Waals surface area contributed by atoms with Gasteiger partial charge in [0.1, 0.15) is 0 Å². The van der Waals surface area contributed by atoms with E-state index in [0.717, 1.165) is 38.2 Å². The second kappa shape index (κ2) is 5.58. The number of nitrogens with zero attached hydrogens (tertiary/aromatic N) is 2. The molecule has 5 heteroatoms. The van der Waals surface area contributed by atoms with Crippen molar-refractivity contribution in [1.29, 1.82) is 0 Å². The maximum atomic E-state index is 5.50. The molecule has 0 bridgehead atoms. The number of fused-ring (bicyclic) bond motifs is 1. The number of aromatic nitrogens is 2. The summed E-state index contributed by atoms with van der Waals surface area (Å²) < 4.78 is 11.0. The molecule has 2 unspecified atom stereocenters. The molecule has 21 heavy (non-hydrogen) atoms. The third-order valence-corrected chi connectivity index (χ3v) is 4.36. The molecule has 1 aromatic heterocycles. The van der Waals surface area contributed by atoms with Gasteiger partial charge in [-0.1, -0.05) is 29.4 Å². The number of rotatable bonds is 2. The van der Waals surface area contributed by atoms with Crippen LogP contribution in [0.25, 0.3) is 0 Å². The zero-order chi connectivity index (χ0) is 14.1. The van der Waals surface area contributed by atoms with Gasteiger partial charge in [-0.05, 0) is 30.4 Å². The van der Waals surface area contributed by atoms with Crippen LogP contribution in [-0.2, 0) is 17.7 Å². The molecule has 4 rings (SSSR count). The van der Waals surface area contributed by atoms with Crippen molar-refractivity contribution >= 4 is 0 Å². The minimum atomic E-state index is 0.116. The Kier molecular flexibility index (Phi) is 3.45. The fraction of sp³-hybridized carbons (Fsp3) is 0.500. The molecule has 0 spiro atoms. The van der Waals surface area contributed by atoms with Crippen molar-refractivity contribution < 1.29 is 9.26 Å². The van der Waals surface area contributed by atoms with Crippen molar-refractivity contribution in [2.75, 3.05) is 13.2 Å². The average Bonchev–Trinajstić information content (AvgIpc) is 3.05. The molecule has 2 aromatic rings. The Balaban J connectivity index is 1.51. The van der Waals surface area contributed by atoms with Gasteiger partial charge in [-0.25, -0.2) is 0 Å². The van der Waals surface area contributed by atoms with Crippen LogP contribution in [0.1, 0.15) is 47.6 Å². The summed E-state index contributed by atoms with van der Waals surface area (Å²) in [5, 5.41) is 7.65. The minimum Gasteiger partial charge on any atom is -0.381 e. The lowest BCUT2D eigenvalue weighted by molar-refractivity contribution is 0.0773. The zero-order valence-corrected chi connectivity index (χ0v) is 11.9. The number of hydrogen-bond donors (Lipinski definition) is 1. The summed E-state index contributed by atoms with van der Waals surface area (Å²) in [4.78, 5) is 4.61. The topological polar surface area (TPSA) is 60.2 Å². The summed E-state index contributed by atoms with van der Waals surface area (Å²) >= 11 is 0. The fourth-order valence-corrected chi connectivity index (χ4v) is 3.13. The summed E-state index contributed by atoms with van der Waals surface area (Å²) in [6.07, 6.45) is 3.06. The van der Waals surface area contributed by atoms with Crippen LogP contribution in [0, 0.1) is 0 Å². The largest absolute Gasteiger partial charge is 0.381 e. The van der Waals surface area contributed by atoms with E-state index < -0.39 is 0 Å². The van der Waals surface area contributed by atoms with Crippen molar-refractivity contribution in [2.24, 2.45) is 0 Å². The minimum absolute atomic E-state index is 0.116. The van der Waals surface area contributed by atoms with Gasteiger partial charge >= 0.3 is 0 Å². The Morgan fingerprint density at radius 1 is 1.19 bits per heavy atom. The molecule has 0 aliphatic carbocycles. The van der Waals surface area contributed by atoms with E-state index >= 15 is 0 Å². The number of nitrogens with one attached hydrogen (secondary N) is 1. The molecule has 2 aliphatic rings. The SMILES string of the molecule is c1ccc2c(c1)CNC(c1nc(C3CCCOC3)no1)C2. The molecule has 2 aliphatic heterocycles. The highest BCUT2D eigenvalue weighted by atomic mass is 16.5. The zero-order valence-electron chi connectivity index (χ0n) is 11.9. The maximum absolute atomic E-state index is 5.50. The van der Waals surface area contributed by atoms with Gasteiger partial charge in [0.25, 0.3) is 0 Å². The number of ether oxygens (including phenoxy) is 1. The lowest BCUT2D eigenvalue weighted by Gasteiger charge is -2.23. The third kappa shape index (κ3) is 2.59. The highest BCUT2D eigenvalue weighted by molar-refractivity contribution is 5.30. The van der Waals surface area contributed by atoms with Crippen LogP contribution in [0.2, 0.25) is 0 Å². The van der Waals surface area contributed by atoms with Crippen LogP contribution in [0.15, 0.2) is 28.8 Å². The lowest BCUT2D eigenvalue weighted by atomic mass is 9.96. The molecule has 0 saturated carbocycles. The first-order chi connectivity index (χ1) is 10.4. The molecule has 110 valence electrons. The summed E-state index contributed by atoms with van der Waals surface area (Å²) in [5.41, 5.74) is 2.72. The molecule has 0 radical (unpaired) electrons. The van der Waals surface area contributed by atoms with E-state index in [1.54, 1.807) is 0 Å². The Morgan fingerprint density at radius 2 is 2.10 bits per heavy atom. The van der Waals surface area contributed by atoms with Crippen molar-refractivity contribution in [3.8, 4) is 0 Å². The van der Waals surface area contributed by atoms with Gasteiger partial charge in [0.2, 0.25) is 5.89 Å². The van der Waals surface area contributed by atoms with Crippen LogP contribution in [0.4, 0.5) is 0 Å². The lowest BCUT2D eigenvalue weighted by Crippen LogP contribution is -2.28. The quantitative estimate of drug-likeness (QED) is 0.917. The summed E-state index contributed by atoms with van der Waals surface area (Å²) in [6.45, 7) is 2.41. The first kappa shape index (κ1) is 13.0. The second-order valence-electron chi connectivity index (χ2n) is 5.81. The van der Waals surface area contributed by atoms with Crippen LogP contribution in [0.3, 0.4) is 0 Å². The average molecular weight is 285 g/mol. The standard InChI is InChI=1S/C16H19N3O2/c1-2-5-12-9-17-14(8-11(12)4-1)16-18-15(19-21-16)13-6-3-7-20-10-13/h1-2,4-5,13-14,17H,3,6-10H2. The van der Waals surface area contributed by atoms with E-state index in [1.165, 1.54) is 11.1 Å². The molecule has 1 N–H and O–H groups in total. The van der Waals surface area contributed by atoms with Gasteiger partial charge in [0.05, 0.1) is 12.6 Å². The highest BCUT2D eigenvalue weighted by Crippen LogP contribution is 2.27. The summed E-state index contributed by atoms with van der Waals surface area (Å²) in [5.74, 6) is 1.78. The van der Waals surface area contributed by atoms with Crippen LogP contribution in [-0.4, -0.2) is 23.4 Å². The van der Waals surface area contributed by atoms with E-state index in [1.807, 2.05) is 0 Å². The monoisotopic (exact) mass is 285 g/mol. The summed E-state index contributed by atoms with van der Waals surface area (Å²) in [6, 6.07) is 8.62. The van der Waals surface area contributed by atoms with Crippen molar-refractivity contribution in [3.63, 3.8) is 0 Å². The molecule has 3 heterocycles. The van der Waals surface area contributed by atoms with Gasteiger partial charge in [-0.2, -0.15) is 4.98 Å². The van der Waals surface area contributed by atoms with E-state index in [-0.39, 0.29) is 12.0 Å². The van der Waals surface area contributed by atoms with Gasteiger partial charge < -0.3 is 14.6 Å². The molecular formula is C16H19N3O2. The Hall–Kier alpha value is -1.72. The van der Waals surface area contributed by atoms with E-state index in [9.17, 15) is 0 Å². The molecule has 1 saturated heterocycles. The first-order valence-corrected chi connectivity index (χ1v) is 7.61. The second-order valence-corrected chi connectivity index (χ2v) is 5.81. The number of hydrogen-bond acceptors (Lipinski definition) is 5. The van der Waals surface area contributed by atoms with Crippen LogP contribution < -0.4 is 5.32 Å². The van der Waals surface area contributed by atoms with Gasteiger partial charge in [-0.15, -0.1) is 0 Å². The smallest absolute Gasteiger partial charge is 0.244 e. The van der Waals surface area contributed by atoms with E-state index in [0.29, 0.717) is 12.5 Å². The molecule has 2 atom stereocenters. The van der Waals surface area contributed by atoms with Crippen molar-refractivity contribution in [3.05, 3.63) is 47.1 Å². The predicted molar refractivity (Wildman–Crippen MR) is 76.8 cm³/mol.